The van der Waals surface area contributed by atoms with E-state index in [0.29, 0.717) is 18.6 Å². The van der Waals surface area contributed by atoms with E-state index in [2.05, 4.69) is 69.1 Å². The number of nitrogens with one attached hydrogen (secondary N) is 1. The lowest BCUT2D eigenvalue weighted by Gasteiger charge is -2.32. The number of aliphatic hydroxyl groups excluding tert-OH is 1. The van der Waals surface area contributed by atoms with Crippen molar-refractivity contribution in [1.29, 1.82) is 0 Å². The molecule has 0 radical (unpaired) electrons. The van der Waals surface area contributed by atoms with Crippen molar-refractivity contribution in [3.05, 3.63) is 42.2 Å². The van der Waals surface area contributed by atoms with Crippen molar-refractivity contribution in [3.63, 3.8) is 0 Å². The molecule has 1 saturated carbocycles. The minimum absolute atomic E-state index is 0.119. The van der Waals surface area contributed by atoms with Crippen LogP contribution in [0, 0.1) is 0 Å². The van der Waals surface area contributed by atoms with Crippen LogP contribution in [-0.2, 0) is 11.3 Å². The van der Waals surface area contributed by atoms with Gasteiger partial charge in [-0.25, -0.2) is 4.98 Å². The van der Waals surface area contributed by atoms with Crippen LogP contribution >= 0.6 is 0 Å². The molecule has 2 fully saturated rings. The van der Waals surface area contributed by atoms with E-state index in [0.717, 1.165) is 69.4 Å². The first-order chi connectivity index (χ1) is 17.5. The number of likely N-dealkylation sites (N-methyl/N-ethyl adjacent to an activating group) is 1. The molecule has 2 aromatic heterocycles. The third-order valence-electron chi connectivity index (χ3n) is 7.69. The van der Waals surface area contributed by atoms with Gasteiger partial charge >= 0.3 is 0 Å². The highest BCUT2D eigenvalue weighted by Gasteiger charge is 2.24. The Morgan fingerprint density at radius 3 is 2.50 bits per heavy atom. The average Bonchev–Trinajstić information content (AvgIpc) is 3.25. The van der Waals surface area contributed by atoms with Crippen molar-refractivity contribution in [2.45, 2.75) is 57.3 Å². The summed E-state index contributed by atoms with van der Waals surface area (Å²) in [6.07, 6.45) is 7.61. The molecule has 3 aromatic rings. The van der Waals surface area contributed by atoms with Gasteiger partial charge in [0.15, 0.2) is 0 Å². The zero-order chi connectivity index (χ0) is 25.1. The van der Waals surface area contributed by atoms with Gasteiger partial charge in [0.05, 0.1) is 12.7 Å². The minimum Gasteiger partial charge on any atom is -0.393 e. The summed E-state index contributed by atoms with van der Waals surface area (Å²) in [7, 11) is 3.90. The number of anilines is 1. The first-order valence-electron chi connectivity index (χ1n) is 13.3. The van der Waals surface area contributed by atoms with Crippen molar-refractivity contribution in [1.82, 2.24) is 24.3 Å². The molecule has 1 atom stereocenters. The van der Waals surface area contributed by atoms with Crippen LogP contribution in [-0.4, -0.2) is 88.5 Å². The fraction of sp³-hybridized carbons (Fsp3) is 0.571. The largest absolute Gasteiger partial charge is 0.393 e. The van der Waals surface area contributed by atoms with Gasteiger partial charge in [-0.05, 0) is 50.8 Å². The zero-order valence-corrected chi connectivity index (χ0v) is 21.9. The molecule has 8 nitrogen and oxygen atoms in total. The van der Waals surface area contributed by atoms with Gasteiger partial charge in [0.2, 0.25) is 5.95 Å². The van der Waals surface area contributed by atoms with E-state index < -0.39 is 0 Å². The normalized spacial score (nSPS) is 22.7. The SMILES string of the molecule is COC[C@H](C)Nc1ncc2c(-c3ccc(CN4CCN(C)CC4)cc3)cn(C3CCC(O)CC3)c2n1. The smallest absolute Gasteiger partial charge is 0.224 e. The third-order valence-corrected chi connectivity index (χ3v) is 7.69. The number of piperazine rings is 1. The molecule has 1 saturated heterocycles. The van der Waals surface area contributed by atoms with Gasteiger partial charge in [-0.3, -0.25) is 4.90 Å². The summed E-state index contributed by atoms with van der Waals surface area (Å²) < 4.78 is 7.59. The monoisotopic (exact) mass is 492 g/mol. The Kier molecular flexibility index (Phi) is 7.86. The number of aromatic nitrogens is 3. The molecule has 3 heterocycles. The fourth-order valence-corrected chi connectivity index (χ4v) is 5.51. The van der Waals surface area contributed by atoms with E-state index in [4.69, 9.17) is 9.72 Å². The zero-order valence-electron chi connectivity index (χ0n) is 21.9. The number of rotatable bonds is 8. The van der Waals surface area contributed by atoms with Crippen LogP contribution in [0.1, 0.15) is 44.2 Å². The Hall–Kier alpha value is -2.52. The predicted octanol–water partition coefficient (Wildman–Crippen LogP) is 3.77. The van der Waals surface area contributed by atoms with Crippen molar-refractivity contribution >= 4 is 17.0 Å². The summed E-state index contributed by atoms with van der Waals surface area (Å²) in [5.74, 6) is 0.622. The maximum atomic E-state index is 10.1. The van der Waals surface area contributed by atoms with Gasteiger partial charge in [0.1, 0.15) is 5.65 Å². The Morgan fingerprint density at radius 2 is 1.81 bits per heavy atom. The van der Waals surface area contributed by atoms with Crippen LogP contribution in [0.3, 0.4) is 0 Å². The van der Waals surface area contributed by atoms with Gasteiger partial charge in [0, 0.05) is 75.3 Å². The quantitative estimate of drug-likeness (QED) is 0.496. The van der Waals surface area contributed by atoms with Gasteiger partial charge in [-0.2, -0.15) is 4.98 Å². The molecule has 0 bridgehead atoms. The molecule has 2 N–H and O–H groups in total. The Balaban J connectivity index is 1.42. The van der Waals surface area contributed by atoms with Crippen molar-refractivity contribution in [2.75, 3.05) is 52.3 Å². The summed E-state index contributed by atoms with van der Waals surface area (Å²) in [4.78, 5) is 14.5. The van der Waals surface area contributed by atoms with Crippen LogP contribution in [0.2, 0.25) is 0 Å². The van der Waals surface area contributed by atoms with E-state index in [1.807, 2.05) is 6.20 Å². The molecular weight excluding hydrogens is 452 g/mol. The van der Waals surface area contributed by atoms with Crippen molar-refractivity contribution < 1.29 is 9.84 Å². The van der Waals surface area contributed by atoms with E-state index in [-0.39, 0.29) is 12.1 Å². The topological polar surface area (TPSA) is 78.7 Å². The van der Waals surface area contributed by atoms with Crippen LogP contribution < -0.4 is 5.32 Å². The van der Waals surface area contributed by atoms with Gasteiger partial charge in [-0.15, -0.1) is 0 Å². The lowest BCUT2D eigenvalue weighted by atomic mass is 9.93. The van der Waals surface area contributed by atoms with Crippen LogP contribution in [0.5, 0.6) is 0 Å². The standard InChI is InChI=1S/C28H40N6O2/c1-20(19-36-3)30-28-29-16-25-26(18-34(27(25)31-28)23-8-10-24(35)11-9-23)22-6-4-21(5-7-22)17-33-14-12-32(2)13-15-33/h4-7,16,18,20,23-24,35H,8-15,17,19H2,1-3H3,(H,29,30,31)/t20-,23?,24?/m0/s1. The molecule has 0 unspecified atom stereocenters. The number of aliphatic hydroxyl groups is 1. The molecule has 5 rings (SSSR count). The van der Waals surface area contributed by atoms with Gasteiger partial charge < -0.3 is 24.6 Å². The molecular formula is C28H40N6O2. The molecule has 8 heteroatoms. The lowest BCUT2D eigenvalue weighted by molar-refractivity contribution is 0.111. The highest BCUT2D eigenvalue weighted by Crippen LogP contribution is 2.36. The second kappa shape index (κ2) is 11.3. The van der Waals surface area contributed by atoms with E-state index in [1.54, 1.807) is 7.11 Å². The number of benzene rings is 1. The fourth-order valence-electron chi connectivity index (χ4n) is 5.51. The molecule has 36 heavy (non-hydrogen) atoms. The Morgan fingerprint density at radius 1 is 1.08 bits per heavy atom. The predicted molar refractivity (Wildman–Crippen MR) is 144 cm³/mol. The lowest BCUT2D eigenvalue weighted by Crippen LogP contribution is -2.43. The summed E-state index contributed by atoms with van der Waals surface area (Å²) in [5, 5.41) is 14.5. The van der Waals surface area contributed by atoms with Crippen molar-refractivity contribution in [3.8, 4) is 11.1 Å². The summed E-state index contributed by atoms with van der Waals surface area (Å²) >= 11 is 0. The molecule has 0 spiro atoms. The summed E-state index contributed by atoms with van der Waals surface area (Å²) in [6.45, 7) is 8.17. The number of ether oxygens (including phenoxy) is 1. The first kappa shape index (κ1) is 25.1. The highest BCUT2D eigenvalue weighted by molar-refractivity contribution is 5.94. The van der Waals surface area contributed by atoms with E-state index >= 15 is 0 Å². The number of nitrogens with zero attached hydrogens (tertiary/aromatic N) is 5. The van der Waals surface area contributed by atoms with Crippen LogP contribution in [0.4, 0.5) is 5.95 Å². The number of methoxy groups -OCH3 is 1. The summed E-state index contributed by atoms with van der Waals surface area (Å²) in [6, 6.07) is 9.45. The molecule has 2 aliphatic rings. The molecule has 1 aliphatic heterocycles. The molecule has 1 aromatic carbocycles. The van der Waals surface area contributed by atoms with Crippen molar-refractivity contribution in [2.24, 2.45) is 0 Å². The van der Waals surface area contributed by atoms with Crippen LogP contribution in [0.25, 0.3) is 22.2 Å². The maximum Gasteiger partial charge on any atom is 0.224 e. The molecule has 194 valence electrons. The van der Waals surface area contributed by atoms with Crippen LogP contribution in [0.15, 0.2) is 36.7 Å². The van der Waals surface area contributed by atoms with E-state index in [9.17, 15) is 5.11 Å². The second-order valence-electron chi connectivity index (χ2n) is 10.6. The first-order valence-corrected chi connectivity index (χ1v) is 13.3. The number of fused-ring (bicyclic) bond motifs is 1. The maximum absolute atomic E-state index is 10.1. The number of hydrogen-bond donors (Lipinski definition) is 2. The van der Waals surface area contributed by atoms with E-state index in [1.165, 1.54) is 16.7 Å². The van der Waals surface area contributed by atoms with Gasteiger partial charge in [-0.1, -0.05) is 24.3 Å². The highest BCUT2D eigenvalue weighted by atomic mass is 16.5. The average molecular weight is 493 g/mol. The Bertz CT molecular complexity index is 1130. The molecule has 0 amide bonds. The Labute approximate surface area is 214 Å². The second-order valence-corrected chi connectivity index (χ2v) is 10.6. The summed E-state index contributed by atoms with van der Waals surface area (Å²) in [5.41, 5.74) is 4.66. The minimum atomic E-state index is -0.183. The molecule has 1 aliphatic carbocycles. The van der Waals surface area contributed by atoms with Gasteiger partial charge in [0.25, 0.3) is 0 Å². The number of hydrogen-bond acceptors (Lipinski definition) is 7. The third kappa shape index (κ3) is 5.72.